The number of hydrogen-bond acceptors (Lipinski definition) is 8. The number of nitrogens with zero attached hydrogens (tertiary/aromatic N) is 5. The Morgan fingerprint density at radius 1 is 1.13 bits per heavy atom. The van der Waals surface area contributed by atoms with E-state index >= 15 is 4.39 Å². The fraction of sp³-hybridized carbons (Fsp3) is 0.433. The van der Waals surface area contributed by atoms with Gasteiger partial charge in [0.05, 0.1) is 10.9 Å². The number of fused-ring (bicyclic) bond motifs is 2. The largest absolute Gasteiger partial charge is 0.507 e. The summed E-state index contributed by atoms with van der Waals surface area (Å²) >= 11 is 0. The third-order valence-corrected chi connectivity index (χ3v) is 8.70. The van der Waals surface area contributed by atoms with Crippen molar-refractivity contribution in [2.45, 2.75) is 43.7 Å². The van der Waals surface area contributed by atoms with E-state index in [1.165, 1.54) is 6.42 Å². The van der Waals surface area contributed by atoms with E-state index in [2.05, 4.69) is 51.2 Å². The molecule has 1 aliphatic carbocycles. The van der Waals surface area contributed by atoms with Crippen LogP contribution in [0.2, 0.25) is 0 Å². The molecule has 1 saturated heterocycles. The lowest BCUT2D eigenvalue weighted by atomic mass is 9.75. The number of aromatic nitrogens is 3. The van der Waals surface area contributed by atoms with E-state index in [0.29, 0.717) is 35.3 Å². The summed E-state index contributed by atoms with van der Waals surface area (Å²) in [4.78, 5) is 18.2. The summed E-state index contributed by atoms with van der Waals surface area (Å²) < 4.78 is 22.4. The Morgan fingerprint density at radius 2 is 1.95 bits per heavy atom. The van der Waals surface area contributed by atoms with Crippen LogP contribution in [-0.4, -0.2) is 82.3 Å². The van der Waals surface area contributed by atoms with Gasteiger partial charge in [0.25, 0.3) is 0 Å². The number of ether oxygens (including phenoxy) is 1. The molecule has 0 radical (unpaired) electrons. The standard InChI is InChI=1S/C30H35FN6O2/c1-36(2)30(13-7-14-30)18-33-28-22-16-32-27(24-21-10-5-4-8-19(21)11-12-23(24)38)25(31)26(22)34-29(35-28)39-17-20-9-6-15-37(20)3/h4-5,8,10-12,16,20,38H,6-7,9,13-15,17-18H2,1-3H3,(H,33,34,35)/t20-/m0/s1. The van der Waals surface area contributed by atoms with Gasteiger partial charge < -0.3 is 25.0 Å². The Kier molecular flexibility index (Phi) is 6.72. The van der Waals surface area contributed by atoms with Crippen LogP contribution in [-0.2, 0) is 0 Å². The Bertz CT molecular complexity index is 1520. The molecule has 9 heteroatoms. The number of halogens is 1. The molecule has 2 fully saturated rings. The Balaban J connectivity index is 1.44. The fourth-order valence-corrected chi connectivity index (χ4v) is 5.89. The zero-order valence-corrected chi connectivity index (χ0v) is 22.7. The van der Waals surface area contributed by atoms with Gasteiger partial charge in [-0.3, -0.25) is 4.98 Å². The molecule has 1 aliphatic heterocycles. The molecule has 0 unspecified atom stereocenters. The Hall–Kier alpha value is -3.56. The van der Waals surface area contributed by atoms with Crippen molar-refractivity contribution in [2.24, 2.45) is 0 Å². The van der Waals surface area contributed by atoms with E-state index in [1.54, 1.807) is 12.3 Å². The molecule has 0 amide bonds. The number of benzene rings is 2. The van der Waals surface area contributed by atoms with Crippen LogP contribution in [0.15, 0.2) is 42.6 Å². The minimum atomic E-state index is -0.613. The monoisotopic (exact) mass is 530 g/mol. The SMILES string of the molecule is CN1CCC[C@H]1COc1nc(NCC2(N(C)C)CCC2)c2cnc(-c3c(O)ccc4ccccc34)c(F)c2n1. The third-order valence-electron chi connectivity index (χ3n) is 8.70. The van der Waals surface area contributed by atoms with Crippen molar-refractivity contribution in [3.8, 4) is 23.0 Å². The van der Waals surface area contributed by atoms with Gasteiger partial charge in [0.2, 0.25) is 0 Å². The number of pyridine rings is 1. The van der Waals surface area contributed by atoms with Gasteiger partial charge in [-0.05, 0) is 76.6 Å². The number of anilines is 1. The van der Waals surface area contributed by atoms with Crippen LogP contribution in [0.25, 0.3) is 32.9 Å². The van der Waals surface area contributed by atoms with Crippen molar-refractivity contribution in [1.29, 1.82) is 0 Å². The minimum Gasteiger partial charge on any atom is -0.507 e. The maximum Gasteiger partial charge on any atom is 0.319 e. The van der Waals surface area contributed by atoms with Crippen LogP contribution in [0.1, 0.15) is 32.1 Å². The van der Waals surface area contributed by atoms with Crippen molar-refractivity contribution < 1.29 is 14.2 Å². The molecule has 8 nitrogen and oxygen atoms in total. The molecule has 0 bridgehead atoms. The van der Waals surface area contributed by atoms with Gasteiger partial charge in [-0.25, -0.2) is 4.39 Å². The number of hydrogen-bond donors (Lipinski definition) is 2. The van der Waals surface area contributed by atoms with E-state index in [4.69, 9.17) is 4.74 Å². The summed E-state index contributed by atoms with van der Waals surface area (Å²) in [5.41, 5.74) is 0.543. The van der Waals surface area contributed by atoms with Gasteiger partial charge in [-0.1, -0.05) is 30.3 Å². The van der Waals surface area contributed by atoms with Crippen molar-refractivity contribution in [2.75, 3.05) is 46.2 Å². The number of likely N-dealkylation sites (N-methyl/N-ethyl adjacent to an activating group) is 2. The van der Waals surface area contributed by atoms with Gasteiger partial charge in [0.15, 0.2) is 5.82 Å². The molecule has 3 heterocycles. The summed E-state index contributed by atoms with van der Waals surface area (Å²) in [6, 6.07) is 11.3. The molecule has 1 atom stereocenters. The molecule has 0 spiro atoms. The fourth-order valence-electron chi connectivity index (χ4n) is 5.89. The molecular weight excluding hydrogens is 495 g/mol. The first-order chi connectivity index (χ1) is 18.9. The molecule has 2 aliphatic rings. The van der Waals surface area contributed by atoms with Crippen molar-refractivity contribution in [3.05, 3.63) is 48.4 Å². The van der Waals surface area contributed by atoms with Crippen LogP contribution in [0.5, 0.6) is 11.8 Å². The lowest BCUT2D eigenvalue weighted by Gasteiger charge is -2.47. The number of phenolic OH excluding ortho intramolecular Hbond substituents is 1. The number of rotatable bonds is 8. The lowest BCUT2D eigenvalue weighted by Crippen LogP contribution is -2.54. The Labute approximate surface area is 227 Å². The van der Waals surface area contributed by atoms with Crippen molar-refractivity contribution >= 4 is 27.5 Å². The second kappa shape index (κ2) is 10.2. The van der Waals surface area contributed by atoms with Crippen LogP contribution < -0.4 is 10.1 Å². The molecule has 2 aromatic carbocycles. The Morgan fingerprint density at radius 3 is 2.67 bits per heavy atom. The van der Waals surface area contributed by atoms with E-state index in [9.17, 15) is 5.11 Å². The first kappa shape index (κ1) is 25.7. The maximum atomic E-state index is 16.3. The van der Waals surface area contributed by atoms with Gasteiger partial charge in [0, 0.05) is 24.3 Å². The predicted octanol–water partition coefficient (Wildman–Crippen LogP) is 5.06. The van der Waals surface area contributed by atoms with Crippen molar-refractivity contribution in [1.82, 2.24) is 24.8 Å². The average Bonchev–Trinajstić information content (AvgIpc) is 3.32. The quantitative estimate of drug-likeness (QED) is 0.327. The molecule has 204 valence electrons. The maximum absolute atomic E-state index is 16.3. The third kappa shape index (κ3) is 4.63. The molecule has 4 aromatic rings. The minimum absolute atomic E-state index is 0.0332. The zero-order valence-electron chi connectivity index (χ0n) is 22.7. The highest BCUT2D eigenvalue weighted by Gasteiger charge is 2.39. The molecule has 39 heavy (non-hydrogen) atoms. The van der Waals surface area contributed by atoms with Crippen LogP contribution in [0.4, 0.5) is 10.2 Å². The number of likely N-dealkylation sites (tertiary alicyclic amines) is 1. The smallest absolute Gasteiger partial charge is 0.319 e. The first-order valence-corrected chi connectivity index (χ1v) is 13.7. The number of nitrogens with one attached hydrogen (secondary N) is 1. The van der Waals surface area contributed by atoms with E-state index < -0.39 is 5.82 Å². The van der Waals surface area contributed by atoms with Crippen LogP contribution in [0.3, 0.4) is 0 Å². The zero-order chi connectivity index (χ0) is 27.1. The second-order valence-corrected chi connectivity index (χ2v) is 11.1. The van der Waals surface area contributed by atoms with Gasteiger partial charge in [-0.2, -0.15) is 9.97 Å². The summed E-state index contributed by atoms with van der Waals surface area (Å²) in [5.74, 6) is -0.146. The van der Waals surface area contributed by atoms with Gasteiger partial charge in [-0.15, -0.1) is 0 Å². The summed E-state index contributed by atoms with van der Waals surface area (Å²) in [5, 5.41) is 16.3. The van der Waals surface area contributed by atoms with Gasteiger partial charge in [0.1, 0.15) is 29.4 Å². The van der Waals surface area contributed by atoms with Crippen LogP contribution >= 0.6 is 0 Å². The summed E-state index contributed by atoms with van der Waals surface area (Å²) in [6.45, 7) is 2.14. The highest BCUT2D eigenvalue weighted by molar-refractivity contribution is 6.01. The summed E-state index contributed by atoms with van der Waals surface area (Å²) in [7, 11) is 6.27. The van der Waals surface area contributed by atoms with Gasteiger partial charge >= 0.3 is 6.01 Å². The highest BCUT2D eigenvalue weighted by atomic mass is 19.1. The van der Waals surface area contributed by atoms with Crippen LogP contribution in [0, 0.1) is 5.82 Å². The molecule has 6 rings (SSSR count). The number of phenols is 1. The predicted molar refractivity (Wildman–Crippen MR) is 152 cm³/mol. The normalized spacial score (nSPS) is 19.1. The number of aromatic hydroxyl groups is 1. The topological polar surface area (TPSA) is 86.6 Å². The average molecular weight is 531 g/mol. The van der Waals surface area contributed by atoms with E-state index in [-0.39, 0.29) is 34.6 Å². The van der Waals surface area contributed by atoms with Crippen molar-refractivity contribution in [3.63, 3.8) is 0 Å². The molecular formula is C30H35FN6O2. The first-order valence-electron chi connectivity index (χ1n) is 13.7. The molecule has 1 saturated carbocycles. The molecule has 2 N–H and O–H groups in total. The van der Waals surface area contributed by atoms with E-state index in [1.807, 2.05) is 30.3 Å². The molecule has 2 aromatic heterocycles. The second-order valence-electron chi connectivity index (χ2n) is 11.1. The summed E-state index contributed by atoms with van der Waals surface area (Å²) in [6.07, 6.45) is 7.12. The highest BCUT2D eigenvalue weighted by Crippen LogP contribution is 2.40. The van der Waals surface area contributed by atoms with E-state index in [0.717, 1.165) is 37.6 Å². The lowest BCUT2D eigenvalue weighted by molar-refractivity contribution is 0.0738.